The Hall–Kier alpha value is -1.10. The zero-order valence-corrected chi connectivity index (χ0v) is 13.7. The highest BCUT2D eigenvalue weighted by Gasteiger charge is 2.34. The minimum atomic E-state index is 0.372. The summed E-state index contributed by atoms with van der Waals surface area (Å²) in [5, 5.41) is 3.71. The van der Waals surface area contributed by atoms with Gasteiger partial charge in [-0.2, -0.15) is 0 Å². The predicted molar refractivity (Wildman–Crippen MR) is 86.0 cm³/mol. The fourth-order valence-electron chi connectivity index (χ4n) is 3.08. The minimum absolute atomic E-state index is 0.372. The second-order valence-corrected chi connectivity index (χ2v) is 5.74. The Bertz CT molecular complexity index is 450. The van der Waals surface area contributed by atoms with E-state index in [-0.39, 0.29) is 0 Å². The molecule has 0 saturated heterocycles. The van der Waals surface area contributed by atoms with E-state index in [4.69, 9.17) is 9.47 Å². The first-order valence-corrected chi connectivity index (χ1v) is 7.80. The minimum Gasteiger partial charge on any atom is -0.497 e. The molecule has 1 aliphatic rings. The van der Waals surface area contributed by atoms with Crippen LogP contribution in [0.2, 0.25) is 0 Å². The van der Waals surface area contributed by atoms with Gasteiger partial charge in [0, 0.05) is 25.7 Å². The average Bonchev–Trinajstić information content (AvgIpc) is 2.88. The van der Waals surface area contributed by atoms with Gasteiger partial charge in [-0.3, -0.25) is 4.90 Å². The van der Waals surface area contributed by atoms with E-state index in [0.29, 0.717) is 12.1 Å². The number of hydrogen-bond acceptors (Lipinski definition) is 4. The third kappa shape index (κ3) is 3.76. The predicted octanol–water partition coefficient (Wildman–Crippen LogP) is 2.24. The van der Waals surface area contributed by atoms with E-state index in [0.717, 1.165) is 38.3 Å². The monoisotopic (exact) mass is 292 g/mol. The standard InChI is InChI=1S/C17H28N2O2/c1-5-8-18-17-15-12-14(21-4)7-6-13(15)11-16(17)19(2)9-10-20-3/h6-7,12,16-18H,5,8-11H2,1-4H3. The zero-order valence-electron chi connectivity index (χ0n) is 13.7. The third-order valence-electron chi connectivity index (χ3n) is 4.33. The topological polar surface area (TPSA) is 33.7 Å². The molecule has 0 amide bonds. The number of nitrogens with one attached hydrogen (secondary N) is 1. The zero-order chi connectivity index (χ0) is 15.2. The van der Waals surface area contributed by atoms with Crippen molar-refractivity contribution in [1.82, 2.24) is 10.2 Å². The molecule has 0 aromatic heterocycles. The molecule has 0 radical (unpaired) electrons. The maximum absolute atomic E-state index is 5.39. The average molecular weight is 292 g/mol. The van der Waals surface area contributed by atoms with Gasteiger partial charge in [0.2, 0.25) is 0 Å². The van der Waals surface area contributed by atoms with Gasteiger partial charge in [-0.1, -0.05) is 13.0 Å². The number of fused-ring (bicyclic) bond motifs is 1. The van der Waals surface area contributed by atoms with Crippen LogP contribution in [0.15, 0.2) is 18.2 Å². The number of likely N-dealkylation sites (N-methyl/N-ethyl adjacent to an activating group) is 1. The van der Waals surface area contributed by atoms with Crippen LogP contribution in [0, 0.1) is 0 Å². The molecule has 21 heavy (non-hydrogen) atoms. The van der Waals surface area contributed by atoms with Gasteiger partial charge >= 0.3 is 0 Å². The molecule has 1 aliphatic carbocycles. The van der Waals surface area contributed by atoms with Gasteiger partial charge in [-0.25, -0.2) is 0 Å². The van der Waals surface area contributed by atoms with E-state index in [9.17, 15) is 0 Å². The second-order valence-electron chi connectivity index (χ2n) is 5.74. The van der Waals surface area contributed by atoms with Gasteiger partial charge in [0.05, 0.1) is 13.7 Å². The van der Waals surface area contributed by atoms with Crippen molar-refractivity contribution in [3.05, 3.63) is 29.3 Å². The highest BCUT2D eigenvalue weighted by Crippen LogP contribution is 2.36. The summed E-state index contributed by atoms with van der Waals surface area (Å²) in [4.78, 5) is 2.41. The summed E-state index contributed by atoms with van der Waals surface area (Å²) in [7, 11) is 5.68. The van der Waals surface area contributed by atoms with Gasteiger partial charge in [-0.15, -0.1) is 0 Å². The fraction of sp³-hybridized carbons (Fsp3) is 0.647. The summed E-state index contributed by atoms with van der Waals surface area (Å²) in [5.41, 5.74) is 2.82. The Morgan fingerprint density at radius 1 is 1.33 bits per heavy atom. The molecule has 1 aromatic rings. The maximum Gasteiger partial charge on any atom is 0.119 e. The summed E-state index contributed by atoms with van der Waals surface area (Å²) < 4.78 is 10.6. The number of methoxy groups -OCH3 is 2. The van der Waals surface area contributed by atoms with Crippen LogP contribution in [0.4, 0.5) is 0 Å². The van der Waals surface area contributed by atoms with E-state index >= 15 is 0 Å². The SMILES string of the molecule is CCCNC1c2cc(OC)ccc2CC1N(C)CCOC. The van der Waals surface area contributed by atoms with Crippen molar-refractivity contribution in [3.8, 4) is 5.75 Å². The Balaban J connectivity index is 2.19. The Kier molecular flexibility index (Phi) is 6.03. The Labute approximate surface area is 128 Å². The first kappa shape index (κ1) is 16.3. The van der Waals surface area contributed by atoms with E-state index < -0.39 is 0 Å². The molecule has 1 N–H and O–H groups in total. The first-order chi connectivity index (χ1) is 10.2. The molecule has 4 heteroatoms. The van der Waals surface area contributed by atoms with Crippen LogP contribution >= 0.6 is 0 Å². The van der Waals surface area contributed by atoms with Crippen LogP contribution in [0.5, 0.6) is 5.75 Å². The molecule has 118 valence electrons. The van der Waals surface area contributed by atoms with E-state index in [1.807, 2.05) is 0 Å². The van der Waals surface area contributed by atoms with Gasteiger partial charge in [0.15, 0.2) is 0 Å². The summed E-state index contributed by atoms with van der Waals surface area (Å²) in [6.07, 6.45) is 2.23. The lowest BCUT2D eigenvalue weighted by Crippen LogP contribution is -2.42. The molecule has 0 aliphatic heterocycles. The van der Waals surface area contributed by atoms with E-state index in [2.05, 4.69) is 42.4 Å². The van der Waals surface area contributed by atoms with Crippen molar-refractivity contribution < 1.29 is 9.47 Å². The molecule has 2 unspecified atom stereocenters. The molecule has 0 bridgehead atoms. The Morgan fingerprint density at radius 2 is 2.14 bits per heavy atom. The second kappa shape index (κ2) is 7.78. The number of benzene rings is 1. The molecule has 1 aromatic carbocycles. The summed E-state index contributed by atoms with van der Waals surface area (Å²) in [6, 6.07) is 7.31. The van der Waals surface area contributed by atoms with Crippen LogP contribution in [-0.2, 0) is 11.2 Å². The van der Waals surface area contributed by atoms with Crippen molar-refractivity contribution in [2.24, 2.45) is 0 Å². The molecule has 2 atom stereocenters. The van der Waals surface area contributed by atoms with Crippen molar-refractivity contribution in [2.75, 3.05) is 41.0 Å². The van der Waals surface area contributed by atoms with Crippen molar-refractivity contribution in [1.29, 1.82) is 0 Å². The maximum atomic E-state index is 5.39. The molecule has 0 heterocycles. The number of rotatable bonds is 8. The normalized spacial score (nSPS) is 20.8. The highest BCUT2D eigenvalue weighted by molar-refractivity contribution is 5.42. The lowest BCUT2D eigenvalue weighted by atomic mass is 10.1. The van der Waals surface area contributed by atoms with Gasteiger partial charge in [-0.05, 0) is 49.7 Å². The fourth-order valence-corrected chi connectivity index (χ4v) is 3.08. The molecule has 0 spiro atoms. The van der Waals surface area contributed by atoms with Gasteiger partial charge in [0.1, 0.15) is 5.75 Å². The van der Waals surface area contributed by atoms with Crippen LogP contribution in [0.25, 0.3) is 0 Å². The summed E-state index contributed by atoms with van der Waals surface area (Å²) in [6.45, 7) is 4.97. The molecule has 0 fully saturated rings. The summed E-state index contributed by atoms with van der Waals surface area (Å²) >= 11 is 0. The largest absolute Gasteiger partial charge is 0.497 e. The molecular formula is C17H28N2O2. The number of nitrogens with zero attached hydrogens (tertiary/aromatic N) is 1. The number of ether oxygens (including phenoxy) is 2. The smallest absolute Gasteiger partial charge is 0.119 e. The van der Waals surface area contributed by atoms with Crippen LogP contribution in [0.1, 0.15) is 30.5 Å². The molecular weight excluding hydrogens is 264 g/mol. The molecule has 0 saturated carbocycles. The Morgan fingerprint density at radius 3 is 2.81 bits per heavy atom. The third-order valence-corrected chi connectivity index (χ3v) is 4.33. The van der Waals surface area contributed by atoms with E-state index in [1.54, 1.807) is 14.2 Å². The first-order valence-electron chi connectivity index (χ1n) is 7.80. The van der Waals surface area contributed by atoms with Gasteiger partial charge in [0.25, 0.3) is 0 Å². The van der Waals surface area contributed by atoms with Crippen LogP contribution in [-0.4, -0.2) is 51.9 Å². The van der Waals surface area contributed by atoms with Crippen molar-refractivity contribution in [2.45, 2.75) is 31.8 Å². The van der Waals surface area contributed by atoms with Crippen molar-refractivity contribution in [3.63, 3.8) is 0 Å². The lowest BCUT2D eigenvalue weighted by molar-refractivity contribution is 0.127. The molecule has 4 nitrogen and oxygen atoms in total. The summed E-state index contributed by atoms with van der Waals surface area (Å²) in [5.74, 6) is 0.942. The quantitative estimate of drug-likeness (QED) is 0.797. The van der Waals surface area contributed by atoms with Crippen LogP contribution < -0.4 is 10.1 Å². The lowest BCUT2D eigenvalue weighted by Gasteiger charge is -2.30. The number of hydrogen-bond donors (Lipinski definition) is 1. The van der Waals surface area contributed by atoms with Crippen molar-refractivity contribution >= 4 is 0 Å². The van der Waals surface area contributed by atoms with Crippen LogP contribution in [0.3, 0.4) is 0 Å². The highest BCUT2D eigenvalue weighted by atomic mass is 16.5. The van der Waals surface area contributed by atoms with E-state index in [1.165, 1.54) is 11.1 Å². The van der Waals surface area contributed by atoms with Gasteiger partial charge < -0.3 is 14.8 Å². The molecule has 2 rings (SSSR count).